The summed E-state index contributed by atoms with van der Waals surface area (Å²) in [6.07, 6.45) is 3.76. The van der Waals surface area contributed by atoms with Crippen molar-refractivity contribution in [2.45, 2.75) is 31.3 Å². The summed E-state index contributed by atoms with van der Waals surface area (Å²) in [7, 11) is 3.92. The molecule has 3 nitrogen and oxygen atoms in total. The van der Waals surface area contributed by atoms with Crippen molar-refractivity contribution in [3.05, 3.63) is 35.4 Å². The van der Waals surface area contributed by atoms with Crippen molar-refractivity contribution >= 4 is 0 Å². The van der Waals surface area contributed by atoms with E-state index in [0.29, 0.717) is 12.1 Å². The lowest BCUT2D eigenvalue weighted by molar-refractivity contribution is 0.134. The Morgan fingerprint density at radius 1 is 1.30 bits per heavy atom. The van der Waals surface area contributed by atoms with E-state index in [1.165, 1.54) is 43.5 Å². The summed E-state index contributed by atoms with van der Waals surface area (Å²) in [5.41, 5.74) is 3.03. The van der Waals surface area contributed by atoms with Gasteiger partial charge in [0.05, 0.1) is 6.61 Å². The minimum atomic E-state index is 0.473. The van der Waals surface area contributed by atoms with Crippen LogP contribution in [-0.2, 0) is 11.2 Å². The molecule has 1 heterocycles. The van der Waals surface area contributed by atoms with Gasteiger partial charge in [-0.3, -0.25) is 4.90 Å². The zero-order chi connectivity index (χ0) is 13.9. The number of hydrogen-bond donors (Lipinski definition) is 1. The molecule has 0 saturated carbocycles. The monoisotopic (exact) mass is 274 g/mol. The number of rotatable bonds is 4. The Bertz CT molecular complexity index is 448. The molecule has 3 rings (SSSR count). The average Bonchev–Trinajstić information content (AvgIpc) is 2.95. The summed E-state index contributed by atoms with van der Waals surface area (Å²) in [6, 6.07) is 10.0. The highest BCUT2D eigenvalue weighted by Crippen LogP contribution is 2.35. The molecule has 3 heteroatoms. The third-order valence-corrected chi connectivity index (χ3v) is 4.98. The highest BCUT2D eigenvalue weighted by Gasteiger charge is 2.35. The van der Waals surface area contributed by atoms with Gasteiger partial charge in [0.15, 0.2) is 0 Å². The van der Waals surface area contributed by atoms with E-state index >= 15 is 0 Å². The van der Waals surface area contributed by atoms with Gasteiger partial charge in [-0.15, -0.1) is 0 Å². The van der Waals surface area contributed by atoms with Gasteiger partial charge in [-0.1, -0.05) is 24.3 Å². The lowest BCUT2D eigenvalue weighted by atomic mass is 9.83. The Morgan fingerprint density at radius 2 is 2.15 bits per heavy atom. The maximum Gasteiger partial charge on any atom is 0.0503 e. The third-order valence-electron chi connectivity index (χ3n) is 4.98. The number of likely N-dealkylation sites (N-methyl/N-ethyl adjacent to an activating group) is 1. The smallest absolute Gasteiger partial charge is 0.0503 e. The van der Waals surface area contributed by atoms with E-state index in [1.54, 1.807) is 0 Å². The van der Waals surface area contributed by atoms with Crippen LogP contribution >= 0.6 is 0 Å². The van der Waals surface area contributed by atoms with Crippen molar-refractivity contribution in [1.29, 1.82) is 0 Å². The van der Waals surface area contributed by atoms with Crippen molar-refractivity contribution < 1.29 is 4.74 Å². The first kappa shape index (κ1) is 14.1. The molecule has 0 bridgehead atoms. The molecule has 3 atom stereocenters. The van der Waals surface area contributed by atoms with E-state index in [1.807, 2.05) is 7.11 Å². The van der Waals surface area contributed by atoms with Crippen LogP contribution in [0.2, 0.25) is 0 Å². The van der Waals surface area contributed by atoms with Gasteiger partial charge in [0.25, 0.3) is 0 Å². The van der Waals surface area contributed by atoms with Crippen LogP contribution in [0.1, 0.15) is 30.0 Å². The van der Waals surface area contributed by atoms with Gasteiger partial charge in [0.2, 0.25) is 0 Å². The van der Waals surface area contributed by atoms with E-state index in [9.17, 15) is 0 Å². The minimum Gasteiger partial charge on any atom is -0.384 e. The summed E-state index contributed by atoms with van der Waals surface area (Å²) in [6.45, 7) is 3.32. The van der Waals surface area contributed by atoms with Crippen LogP contribution in [0.5, 0.6) is 0 Å². The van der Waals surface area contributed by atoms with E-state index in [-0.39, 0.29) is 0 Å². The van der Waals surface area contributed by atoms with E-state index < -0.39 is 0 Å². The fourth-order valence-corrected chi connectivity index (χ4v) is 4.02. The fourth-order valence-electron chi connectivity index (χ4n) is 4.02. The van der Waals surface area contributed by atoms with Crippen molar-refractivity contribution in [2.24, 2.45) is 5.92 Å². The number of aryl methyl sites for hydroxylation is 1. The van der Waals surface area contributed by atoms with Gasteiger partial charge in [-0.25, -0.2) is 0 Å². The first-order chi connectivity index (χ1) is 9.83. The molecule has 1 aliphatic carbocycles. The molecule has 0 amide bonds. The predicted octanol–water partition coefficient (Wildman–Crippen LogP) is 2.23. The summed E-state index contributed by atoms with van der Waals surface area (Å²) in [4.78, 5) is 2.68. The van der Waals surface area contributed by atoms with Gasteiger partial charge < -0.3 is 10.1 Å². The van der Waals surface area contributed by atoms with Crippen LogP contribution in [0.4, 0.5) is 0 Å². The standard InChI is InChI=1S/C17H26N2O/c1-18-17-15-6-4-3-5-14(15)7-8-16(17)19-10-9-13(11-19)12-20-2/h3-6,13,16-18H,7-12H2,1-2H3. The molecule has 1 aromatic rings. The van der Waals surface area contributed by atoms with Gasteiger partial charge in [0, 0.05) is 25.7 Å². The summed E-state index contributed by atoms with van der Waals surface area (Å²) >= 11 is 0. The Morgan fingerprint density at radius 3 is 2.95 bits per heavy atom. The Balaban J connectivity index is 1.75. The molecular weight excluding hydrogens is 248 g/mol. The maximum absolute atomic E-state index is 5.33. The zero-order valence-electron chi connectivity index (χ0n) is 12.6. The Hall–Kier alpha value is -0.900. The lowest BCUT2D eigenvalue weighted by Gasteiger charge is -2.39. The number of fused-ring (bicyclic) bond motifs is 1. The van der Waals surface area contributed by atoms with Crippen LogP contribution in [0.15, 0.2) is 24.3 Å². The molecule has 2 aliphatic rings. The van der Waals surface area contributed by atoms with E-state index in [0.717, 1.165) is 12.5 Å². The molecule has 0 radical (unpaired) electrons. The van der Waals surface area contributed by atoms with Gasteiger partial charge in [0.1, 0.15) is 0 Å². The average molecular weight is 274 g/mol. The van der Waals surface area contributed by atoms with Crippen molar-refractivity contribution in [1.82, 2.24) is 10.2 Å². The molecule has 1 saturated heterocycles. The number of ether oxygens (including phenoxy) is 1. The molecular formula is C17H26N2O. The maximum atomic E-state index is 5.33. The first-order valence-electron chi connectivity index (χ1n) is 7.81. The van der Waals surface area contributed by atoms with Crippen LogP contribution in [0.3, 0.4) is 0 Å². The highest BCUT2D eigenvalue weighted by molar-refractivity contribution is 5.34. The van der Waals surface area contributed by atoms with Gasteiger partial charge in [-0.05, 0) is 49.9 Å². The second kappa shape index (κ2) is 6.25. The van der Waals surface area contributed by atoms with Crippen molar-refractivity contribution in [3.8, 4) is 0 Å². The van der Waals surface area contributed by atoms with Gasteiger partial charge >= 0.3 is 0 Å². The van der Waals surface area contributed by atoms with Crippen LogP contribution < -0.4 is 5.32 Å². The molecule has 0 spiro atoms. The van der Waals surface area contributed by atoms with Crippen molar-refractivity contribution in [2.75, 3.05) is 33.9 Å². The van der Waals surface area contributed by atoms with Crippen molar-refractivity contribution in [3.63, 3.8) is 0 Å². The minimum absolute atomic E-state index is 0.473. The second-order valence-corrected chi connectivity index (χ2v) is 6.18. The summed E-state index contributed by atoms with van der Waals surface area (Å²) < 4.78 is 5.33. The summed E-state index contributed by atoms with van der Waals surface area (Å²) in [5, 5.41) is 3.56. The number of likely N-dealkylation sites (tertiary alicyclic amines) is 1. The quantitative estimate of drug-likeness (QED) is 0.911. The topological polar surface area (TPSA) is 24.5 Å². The van der Waals surface area contributed by atoms with Crippen LogP contribution in [0, 0.1) is 5.92 Å². The van der Waals surface area contributed by atoms with E-state index in [2.05, 4.69) is 41.5 Å². The SMILES string of the molecule is CNC1c2ccccc2CCC1N1CCC(COC)C1. The zero-order valence-corrected chi connectivity index (χ0v) is 12.6. The molecule has 20 heavy (non-hydrogen) atoms. The van der Waals surface area contributed by atoms with Gasteiger partial charge in [-0.2, -0.15) is 0 Å². The molecule has 3 unspecified atom stereocenters. The second-order valence-electron chi connectivity index (χ2n) is 6.18. The molecule has 110 valence electrons. The highest BCUT2D eigenvalue weighted by atomic mass is 16.5. The first-order valence-corrected chi connectivity index (χ1v) is 7.81. The number of benzene rings is 1. The lowest BCUT2D eigenvalue weighted by Crippen LogP contribution is -2.45. The predicted molar refractivity (Wildman–Crippen MR) is 81.9 cm³/mol. The van der Waals surface area contributed by atoms with Crippen LogP contribution in [-0.4, -0.2) is 44.8 Å². The number of nitrogens with zero attached hydrogens (tertiary/aromatic N) is 1. The van der Waals surface area contributed by atoms with E-state index in [4.69, 9.17) is 4.74 Å². The Labute approximate surface area is 122 Å². The number of methoxy groups -OCH3 is 1. The summed E-state index contributed by atoms with van der Waals surface area (Å²) in [5.74, 6) is 0.717. The molecule has 1 fully saturated rings. The molecule has 1 aliphatic heterocycles. The largest absolute Gasteiger partial charge is 0.384 e. The number of hydrogen-bond acceptors (Lipinski definition) is 3. The third kappa shape index (κ3) is 2.62. The molecule has 1 N–H and O–H groups in total. The van der Waals surface area contributed by atoms with Crippen LogP contribution in [0.25, 0.3) is 0 Å². The Kier molecular flexibility index (Phi) is 4.39. The fraction of sp³-hybridized carbons (Fsp3) is 0.647. The molecule has 0 aromatic heterocycles. The molecule has 1 aromatic carbocycles. The normalized spacial score (nSPS) is 30.4. The number of nitrogens with one attached hydrogen (secondary N) is 1.